The van der Waals surface area contributed by atoms with Crippen LogP contribution in [0.25, 0.3) is 0 Å². The molecule has 0 radical (unpaired) electrons. The fraction of sp³-hybridized carbons (Fsp3) is 0.889. The first-order chi connectivity index (χ1) is 7.92. The Labute approximate surface area is 111 Å². The summed E-state index contributed by atoms with van der Waals surface area (Å²) in [5.74, 6) is -0.912. The van der Waals surface area contributed by atoms with Gasteiger partial charge in [0.1, 0.15) is 0 Å². The molecule has 0 bridgehead atoms. The Bertz CT molecular complexity index is 327. The van der Waals surface area contributed by atoms with Gasteiger partial charge in [-0.3, -0.25) is 4.79 Å². The molecule has 0 aliphatic carbocycles. The van der Waals surface area contributed by atoms with Crippen LogP contribution in [0.3, 0.4) is 0 Å². The van der Waals surface area contributed by atoms with Gasteiger partial charge in [0, 0.05) is 13.1 Å². The van der Waals surface area contributed by atoms with Gasteiger partial charge in [0.25, 0.3) is 0 Å². The van der Waals surface area contributed by atoms with E-state index in [0.29, 0.717) is 4.90 Å². The largest absolute Gasteiger partial charge is 0.404 e. The van der Waals surface area contributed by atoms with Gasteiger partial charge in [0.2, 0.25) is 5.91 Å². The van der Waals surface area contributed by atoms with E-state index in [4.69, 9.17) is 5.73 Å². The molecule has 2 N–H and O–H groups in total. The van der Waals surface area contributed by atoms with Crippen LogP contribution < -0.4 is 5.73 Å². The van der Waals surface area contributed by atoms with Crippen molar-refractivity contribution < 1.29 is 31.1 Å². The van der Waals surface area contributed by atoms with E-state index in [2.05, 4.69) is 0 Å². The summed E-state index contributed by atoms with van der Waals surface area (Å²) in [4.78, 5) is 11.9. The summed E-state index contributed by atoms with van der Waals surface area (Å²) in [6, 6.07) is -1.12. The fourth-order valence-corrected chi connectivity index (χ4v) is 1.91. The van der Waals surface area contributed by atoms with Gasteiger partial charge >= 0.3 is 12.4 Å². The molecule has 3 nitrogen and oxygen atoms in total. The molecule has 114 valence electrons. The third-order valence-electron chi connectivity index (χ3n) is 3.06. The highest BCUT2D eigenvalue weighted by molar-refractivity contribution is 5.85. The molecule has 19 heavy (non-hydrogen) atoms. The van der Waals surface area contributed by atoms with Crippen LogP contribution in [0.15, 0.2) is 0 Å². The number of likely N-dealkylation sites (tertiary alicyclic amines) is 1. The van der Waals surface area contributed by atoms with E-state index in [-0.39, 0.29) is 12.4 Å². The van der Waals surface area contributed by atoms with Crippen LogP contribution in [-0.2, 0) is 4.79 Å². The molecule has 1 aliphatic heterocycles. The van der Waals surface area contributed by atoms with Crippen molar-refractivity contribution in [1.29, 1.82) is 0 Å². The standard InChI is InChI=1S/C9H12F6N2O.ClH/c1-5(16)6(18)17-3-2-7(4-17,8(10,11)12)9(13,14)15;/h5H,2-4,16H2,1H3;1H/t5-;/m1./s1. The lowest BCUT2D eigenvalue weighted by Crippen LogP contribution is -2.53. The minimum Gasteiger partial charge on any atom is -0.340 e. The average Bonchev–Trinajstić information content (AvgIpc) is 2.59. The van der Waals surface area contributed by atoms with Crippen LogP contribution in [0.5, 0.6) is 0 Å². The summed E-state index contributed by atoms with van der Waals surface area (Å²) in [6.45, 7) is -0.802. The number of carbonyl (C=O) groups is 1. The van der Waals surface area contributed by atoms with E-state index in [1.54, 1.807) is 0 Å². The van der Waals surface area contributed by atoms with Crippen LogP contribution in [0.1, 0.15) is 13.3 Å². The Kier molecular flexibility index (Phi) is 5.16. The second-order valence-corrected chi connectivity index (χ2v) is 4.38. The van der Waals surface area contributed by atoms with E-state index in [0.717, 1.165) is 0 Å². The number of amides is 1. The number of alkyl halides is 6. The molecule has 0 aromatic carbocycles. The van der Waals surface area contributed by atoms with E-state index in [1.807, 2.05) is 0 Å². The molecule has 0 unspecified atom stereocenters. The summed E-state index contributed by atoms with van der Waals surface area (Å²) < 4.78 is 76.0. The maximum atomic E-state index is 12.7. The first-order valence-electron chi connectivity index (χ1n) is 5.10. The topological polar surface area (TPSA) is 46.3 Å². The second kappa shape index (κ2) is 5.35. The first kappa shape index (κ1) is 18.3. The summed E-state index contributed by atoms with van der Waals surface area (Å²) in [7, 11) is 0. The normalized spacial score (nSPS) is 20.9. The van der Waals surface area contributed by atoms with Gasteiger partial charge in [-0.1, -0.05) is 0 Å². The third kappa shape index (κ3) is 3.07. The zero-order chi connectivity index (χ0) is 14.4. The molecule has 0 aromatic heterocycles. The van der Waals surface area contributed by atoms with Crippen LogP contribution in [0.4, 0.5) is 26.3 Å². The molecule has 1 aliphatic rings. The highest BCUT2D eigenvalue weighted by Gasteiger charge is 2.72. The second-order valence-electron chi connectivity index (χ2n) is 4.38. The predicted octanol–water partition coefficient (Wildman–Crippen LogP) is 2.10. The van der Waals surface area contributed by atoms with Gasteiger partial charge < -0.3 is 10.6 Å². The highest BCUT2D eigenvalue weighted by Crippen LogP contribution is 2.55. The summed E-state index contributed by atoms with van der Waals surface area (Å²) in [5.41, 5.74) is 1.33. The maximum absolute atomic E-state index is 12.7. The first-order valence-corrected chi connectivity index (χ1v) is 5.10. The number of nitrogens with two attached hydrogens (primary N) is 1. The zero-order valence-corrected chi connectivity index (χ0v) is 10.6. The van der Waals surface area contributed by atoms with Gasteiger partial charge in [0.05, 0.1) is 6.04 Å². The molecule has 1 atom stereocenters. The van der Waals surface area contributed by atoms with Crippen LogP contribution in [0.2, 0.25) is 0 Å². The van der Waals surface area contributed by atoms with E-state index in [1.165, 1.54) is 6.92 Å². The highest BCUT2D eigenvalue weighted by atomic mass is 35.5. The van der Waals surface area contributed by atoms with Crippen molar-refractivity contribution in [3.8, 4) is 0 Å². The van der Waals surface area contributed by atoms with E-state index >= 15 is 0 Å². The Morgan fingerprint density at radius 2 is 1.63 bits per heavy atom. The lowest BCUT2D eigenvalue weighted by Gasteiger charge is -2.33. The molecule has 0 aromatic rings. The summed E-state index contributed by atoms with van der Waals surface area (Å²) in [6.07, 6.45) is -12.1. The number of carbonyl (C=O) groups excluding carboxylic acids is 1. The molecule has 1 rings (SSSR count). The lowest BCUT2D eigenvalue weighted by atomic mass is 9.85. The van der Waals surface area contributed by atoms with Crippen molar-refractivity contribution in [3.05, 3.63) is 0 Å². The number of rotatable bonds is 1. The molecule has 0 saturated carbocycles. The van der Waals surface area contributed by atoms with Crippen molar-refractivity contribution in [1.82, 2.24) is 4.90 Å². The van der Waals surface area contributed by atoms with Crippen LogP contribution in [0, 0.1) is 5.41 Å². The Morgan fingerprint density at radius 3 is 1.89 bits per heavy atom. The van der Waals surface area contributed by atoms with E-state index in [9.17, 15) is 31.1 Å². The monoisotopic (exact) mass is 314 g/mol. The van der Waals surface area contributed by atoms with Crippen molar-refractivity contribution in [3.63, 3.8) is 0 Å². The zero-order valence-electron chi connectivity index (χ0n) is 9.81. The summed E-state index contributed by atoms with van der Waals surface area (Å²) in [5, 5.41) is 0. The number of hydrogen-bond acceptors (Lipinski definition) is 2. The average molecular weight is 315 g/mol. The lowest BCUT2D eigenvalue weighted by molar-refractivity contribution is -0.334. The van der Waals surface area contributed by atoms with Gasteiger partial charge in [-0.25, -0.2) is 0 Å². The summed E-state index contributed by atoms with van der Waals surface area (Å²) >= 11 is 0. The quantitative estimate of drug-likeness (QED) is 0.753. The Morgan fingerprint density at radius 1 is 1.21 bits per heavy atom. The maximum Gasteiger partial charge on any atom is 0.404 e. The smallest absolute Gasteiger partial charge is 0.340 e. The number of hydrogen-bond donors (Lipinski definition) is 1. The predicted molar refractivity (Wildman–Crippen MR) is 56.6 cm³/mol. The van der Waals surface area contributed by atoms with Crippen LogP contribution >= 0.6 is 12.4 Å². The van der Waals surface area contributed by atoms with Crippen molar-refractivity contribution in [2.24, 2.45) is 11.1 Å². The molecular weight excluding hydrogens is 302 g/mol. The van der Waals surface area contributed by atoms with Gasteiger partial charge in [-0.05, 0) is 13.3 Å². The third-order valence-corrected chi connectivity index (χ3v) is 3.06. The van der Waals surface area contributed by atoms with Crippen molar-refractivity contribution in [2.45, 2.75) is 31.7 Å². The Hall–Kier alpha value is -0.700. The number of halogens is 7. The minimum absolute atomic E-state index is 0. The molecule has 10 heteroatoms. The molecule has 1 amide bonds. The molecular formula is C9H13ClF6N2O. The van der Waals surface area contributed by atoms with Crippen LogP contribution in [-0.4, -0.2) is 42.3 Å². The van der Waals surface area contributed by atoms with Crippen molar-refractivity contribution >= 4 is 18.3 Å². The van der Waals surface area contributed by atoms with E-state index < -0.39 is 49.2 Å². The molecule has 1 saturated heterocycles. The van der Waals surface area contributed by atoms with Gasteiger partial charge in [0.15, 0.2) is 5.41 Å². The molecule has 1 fully saturated rings. The molecule has 0 spiro atoms. The van der Waals surface area contributed by atoms with Crippen molar-refractivity contribution in [2.75, 3.05) is 13.1 Å². The SMILES string of the molecule is C[C@@H](N)C(=O)N1CCC(C(F)(F)F)(C(F)(F)F)C1.Cl. The van der Waals surface area contributed by atoms with Gasteiger partial charge in [-0.2, -0.15) is 26.3 Å². The molecule has 1 heterocycles. The fourth-order valence-electron chi connectivity index (χ4n) is 1.91. The Balaban J connectivity index is 0.00000324. The number of nitrogens with zero attached hydrogens (tertiary/aromatic N) is 1. The minimum atomic E-state index is -5.45. The van der Waals surface area contributed by atoms with Gasteiger partial charge in [-0.15, -0.1) is 12.4 Å².